The second-order valence-electron chi connectivity index (χ2n) is 9.49. The summed E-state index contributed by atoms with van der Waals surface area (Å²) < 4.78 is 15.4. The van der Waals surface area contributed by atoms with Gasteiger partial charge >= 0.3 is 0 Å². The Hall–Kier alpha value is -3.29. The van der Waals surface area contributed by atoms with Gasteiger partial charge in [0, 0.05) is 49.3 Å². The summed E-state index contributed by atoms with van der Waals surface area (Å²) in [5, 5.41) is 30.5. The molecule has 3 unspecified atom stereocenters. The number of anilines is 1. The van der Waals surface area contributed by atoms with Gasteiger partial charge in [0.2, 0.25) is 5.91 Å². The van der Waals surface area contributed by atoms with Gasteiger partial charge in [-0.15, -0.1) is 0 Å². The van der Waals surface area contributed by atoms with Crippen LogP contribution in [-0.4, -0.2) is 57.3 Å². The number of aliphatic hydroxyl groups is 1. The third-order valence-electron chi connectivity index (χ3n) is 7.12. The molecule has 5 rings (SSSR count). The van der Waals surface area contributed by atoms with Gasteiger partial charge in [-0.25, -0.2) is 4.39 Å². The SMILES string of the molecule is C[C@@H]1Cc2nn3c(c2CN1)C(=O)N(C)CC1(CC(O)C1C(=O)Nc1ccc(F)c(C#N)c1)C3. The van der Waals surface area contributed by atoms with Crippen LogP contribution in [0.1, 0.15) is 40.7 Å². The molecule has 4 atom stereocenters. The number of halogens is 1. The van der Waals surface area contributed by atoms with Crippen LogP contribution in [-0.2, 0) is 24.3 Å². The third kappa shape index (κ3) is 3.39. The first kappa shape index (κ1) is 21.6. The number of nitrogens with zero attached hydrogens (tertiary/aromatic N) is 4. The van der Waals surface area contributed by atoms with Gasteiger partial charge in [0.05, 0.1) is 29.8 Å². The zero-order chi connectivity index (χ0) is 23.5. The normalized spacial score (nSPS) is 28.4. The molecule has 1 fully saturated rings. The van der Waals surface area contributed by atoms with Crippen LogP contribution in [0.4, 0.5) is 10.1 Å². The summed E-state index contributed by atoms with van der Waals surface area (Å²) in [5.41, 5.74) is 1.75. The number of hydrogen-bond acceptors (Lipinski definition) is 6. The zero-order valence-electron chi connectivity index (χ0n) is 18.4. The van der Waals surface area contributed by atoms with Gasteiger partial charge in [-0.2, -0.15) is 10.4 Å². The Morgan fingerprint density at radius 2 is 2.21 bits per heavy atom. The Bertz CT molecular complexity index is 1200. The van der Waals surface area contributed by atoms with Crippen LogP contribution in [0.3, 0.4) is 0 Å². The molecular formula is C23H25FN6O3. The molecule has 2 amide bonds. The molecule has 10 heteroatoms. The summed E-state index contributed by atoms with van der Waals surface area (Å²) >= 11 is 0. The van der Waals surface area contributed by atoms with E-state index in [0.717, 1.165) is 23.7 Å². The average molecular weight is 452 g/mol. The molecule has 1 spiro atoms. The number of benzene rings is 1. The number of aromatic nitrogens is 2. The smallest absolute Gasteiger partial charge is 0.272 e. The van der Waals surface area contributed by atoms with Crippen molar-refractivity contribution in [1.29, 1.82) is 5.26 Å². The van der Waals surface area contributed by atoms with Crippen molar-refractivity contribution in [1.82, 2.24) is 20.0 Å². The maximum absolute atomic E-state index is 13.7. The fourth-order valence-electron chi connectivity index (χ4n) is 5.56. The molecule has 2 aromatic rings. The Balaban J connectivity index is 1.46. The van der Waals surface area contributed by atoms with Crippen LogP contribution in [0.5, 0.6) is 0 Å². The summed E-state index contributed by atoms with van der Waals surface area (Å²) in [7, 11) is 1.71. The molecule has 0 bridgehead atoms. The Labute approximate surface area is 190 Å². The first-order chi connectivity index (χ1) is 15.7. The average Bonchev–Trinajstić information content (AvgIpc) is 3.05. The van der Waals surface area contributed by atoms with Gasteiger partial charge in [0.1, 0.15) is 17.6 Å². The lowest BCUT2D eigenvalue weighted by Gasteiger charge is -2.52. The minimum absolute atomic E-state index is 0.144. The Morgan fingerprint density at radius 3 is 2.94 bits per heavy atom. The van der Waals surface area contributed by atoms with E-state index in [2.05, 4.69) is 17.6 Å². The van der Waals surface area contributed by atoms with E-state index < -0.39 is 29.2 Å². The van der Waals surface area contributed by atoms with E-state index in [1.54, 1.807) is 22.7 Å². The molecule has 172 valence electrons. The summed E-state index contributed by atoms with van der Waals surface area (Å²) in [6, 6.07) is 5.78. The molecule has 3 aliphatic rings. The maximum Gasteiger partial charge on any atom is 0.272 e. The largest absolute Gasteiger partial charge is 0.392 e. The highest BCUT2D eigenvalue weighted by Gasteiger charge is 2.59. The van der Waals surface area contributed by atoms with Crippen molar-refractivity contribution in [3.05, 3.63) is 46.5 Å². The molecule has 33 heavy (non-hydrogen) atoms. The Kier molecular flexibility index (Phi) is 4.99. The van der Waals surface area contributed by atoms with E-state index in [4.69, 9.17) is 10.4 Å². The third-order valence-corrected chi connectivity index (χ3v) is 7.12. The minimum atomic E-state index is -0.877. The van der Waals surface area contributed by atoms with E-state index in [0.29, 0.717) is 31.7 Å². The monoisotopic (exact) mass is 452 g/mol. The van der Waals surface area contributed by atoms with Crippen LogP contribution >= 0.6 is 0 Å². The molecule has 2 aliphatic heterocycles. The van der Waals surface area contributed by atoms with Crippen molar-refractivity contribution in [2.24, 2.45) is 11.3 Å². The van der Waals surface area contributed by atoms with Crippen molar-refractivity contribution in [3.63, 3.8) is 0 Å². The van der Waals surface area contributed by atoms with Gasteiger partial charge < -0.3 is 20.6 Å². The predicted octanol–water partition coefficient (Wildman–Crippen LogP) is 1.02. The van der Waals surface area contributed by atoms with E-state index in [9.17, 15) is 19.1 Å². The minimum Gasteiger partial charge on any atom is -0.392 e. The second-order valence-corrected chi connectivity index (χ2v) is 9.49. The van der Waals surface area contributed by atoms with E-state index in [-0.39, 0.29) is 23.2 Å². The number of nitrogens with one attached hydrogen (secondary N) is 2. The number of fused-ring (bicyclic) bond motifs is 3. The molecular weight excluding hydrogens is 427 g/mol. The Morgan fingerprint density at radius 1 is 1.42 bits per heavy atom. The van der Waals surface area contributed by atoms with Gasteiger partial charge in [0.15, 0.2) is 0 Å². The van der Waals surface area contributed by atoms with Gasteiger partial charge in [-0.1, -0.05) is 0 Å². The summed E-state index contributed by atoms with van der Waals surface area (Å²) in [4.78, 5) is 28.1. The molecule has 9 nitrogen and oxygen atoms in total. The molecule has 0 saturated heterocycles. The topological polar surface area (TPSA) is 123 Å². The fraction of sp³-hybridized carbons (Fsp3) is 0.478. The van der Waals surface area contributed by atoms with Crippen molar-refractivity contribution in [2.75, 3.05) is 18.9 Å². The molecule has 1 saturated carbocycles. The van der Waals surface area contributed by atoms with E-state index in [1.165, 1.54) is 12.1 Å². The lowest BCUT2D eigenvalue weighted by Crippen LogP contribution is -2.62. The van der Waals surface area contributed by atoms with E-state index in [1.807, 2.05) is 0 Å². The van der Waals surface area contributed by atoms with Crippen LogP contribution in [0.15, 0.2) is 18.2 Å². The molecule has 1 aliphatic carbocycles. The number of aliphatic hydroxyl groups excluding tert-OH is 1. The lowest BCUT2D eigenvalue weighted by atomic mass is 9.57. The van der Waals surface area contributed by atoms with Crippen LogP contribution in [0.2, 0.25) is 0 Å². The van der Waals surface area contributed by atoms with Crippen molar-refractivity contribution < 1.29 is 19.1 Å². The zero-order valence-corrected chi connectivity index (χ0v) is 18.4. The van der Waals surface area contributed by atoms with Crippen molar-refractivity contribution in [3.8, 4) is 6.07 Å². The first-order valence-electron chi connectivity index (χ1n) is 11.0. The quantitative estimate of drug-likeness (QED) is 0.625. The van der Waals surface area contributed by atoms with Gasteiger partial charge in [0.25, 0.3) is 5.91 Å². The second kappa shape index (κ2) is 7.64. The maximum atomic E-state index is 13.7. The highest BCUT2D eigenvalue weighted by Crippen LogP contribution is 2.50. The number of amides is 2. The summed E-state index contributed by atoms with van der Waals surface area (Å²) in [6.45, 7) is 3.27. The predicted molar refractivity (Wildman–Crippen MR) is 115 cm³/mol. The number of nitriles is 1. The van der Waals surface area contributed by atoms with Gasteiger partial charge in [-0.05, 0) is 31.5 Å². The van der Waals surface area contributed by atoms with Crippen LogP contribution < -0.4 is 10.6 Å². The highest BCUT2D eigenvalue weighted by atomic mass is 19.1. The van der Waals surface area contributed by atoms with Crippen molar-refractivity contribution >= 4 is 17.5 Å². The molecule has 1 aromatic heterocycles. The van der Waals surface area contributed by atoms with Crippen LogP contribution in [0, 0.1) is 28.5 Å². The number of rotatable bonds is 2. The fourth-order valence-corrected chi connectivity index (χ4v) is 5.56. The van der Waals surface area contributed by atoms with Gasteiger partial charge in [-0.3, -0.25) is 14.3 Å². The van der Waals surface area contributed by atoms with Crippen molar-refractivity contribution in [2.45, 2.75) is 45.0 Å². The lowest BCUT2D eigenvalue weighted by molar-refractivity contribution is -0.156. The van der Waals surface area contributed by atoms with Crippen LogP contribution in [0.25, 0.3) is 0 Å². The number of hydrogen-bond donors (Lipinski definition) is 3. The molecule has 0 radical (unpaired) electrons. The molecule has 3 heterocycles. The first-order valence-corrected chi connectivity index (χ1v) is 11.0. The number of carbonyl (C=O) groups is 2. The van der Waals surface area contributed by atoms with E-state index >= 15 is 0 Å². The number of carbonyl (C=O) groups excluding carboxylic acids is 2. The molecule has 3 N–H and O–H groups in total. The molecule has 1 aromatic carbocycles. The summed E-state index contributed by atoms with van der Waals surface area (Å²) in [5.74, 6) is -2.03. The highest BCUT2D eigenvalue weighted by molar-refractivity contribution is 5.96. The standard InChI is InChI=1S/C23H25FN6O3/c1-12-5-17-15(9-26-12)20-22(33)29(2)10-23(11-30(20)28-17)7-18(31)19(23)21(32)27-14-3-4-16(24)13(6-14)8-25/h3-4,6,12,18-19,26,31H,5,7,9-11H2,1-2H3,(H,27,32)/t12-,18?,19?,23?/m1/s1. The summed E-state index contributed by atoms with van der Waals surface area (Å²) in [6.07, 6.45) is 0.198.